The summed E-state index contributed by atoms with van der Waals surface area (Å²) in [5.74, 6) is -0.503. The SMILES string of the molecule is Cc1cc(N(C)C(=O)[C@@H](CC(=O)Cc2c(C)[nH]c3ccccc23)Cc2ccccc2)cc(Cl)c1C. The summed E-state index contributed by atoms with van der Waals surface area (Å²) < 4.78 is 0. The van der Waals surface area contributed by atoms with E-state index >= 15 is 0 Å². The van der Waals surface area contributed by atoms with Crippen LogP contribution >= 0.6 is 11.6 Å². The molecule has 0 saturated carbocycles. The van der Waals surface area contributed by atoms with Crippen molar-refractivity contribution in [1.29, 1.82) is 0 Å². The maximum absolute atomic E-state index is 13.7. The standard InChI is InChI=1S/C30H31ClN2O2/c1-19-14-24(17-28(31)20(19)2)33(4)30(35)23(15-22-10-6-5-7-11-22)16-25(34)18-27-21(3)32-29-13-9-8-12-26(27)29/h5-14,17,23,32H,15-16,18H2,1-4H3/t23-/m1/s1. The predicted octanol–water partition coefficient (Wildman–Crippen LogP) is 6.77. The summed E-state index contributed by atoms with van der Waals surface area (Å²) in [4.78, 5) is 32.0. The van der Waals surface area contributed by atoms with Gasteiger partial charge in [0.1, 0.15) is 5.78 Å². The minimum atomic E-state index is -0.471. The number of hydrogen-bond donors (Lipinski definition) is 1. The van der Waals surface area contributed by atoms with Crippen molar-refractivity contribution in [2.75, 3.05) is 11.9 Å². The van der Waals surface area contributed by atoms with Crippen molar-refractivity contribution in [3.8, 4) is 0 Å². The van der Waals surface area contributed by atoms with E-state index in [1.54, 1.807) is 11.9 Å². The van der Waals surface area contributed by atoms with Gasteiger partial charge in [-0.2, -0.15) is 0 Å². The number of ketones is 1. The van der Waals surface area contributed by atoms with Crippen LogP contribution < -0.4 is 4.90 Å². The maximum atomic E-state index is 13.7. The van der Waals surface area contributed by atoms with Gasteiger partial charge < -0.3 is 9.88 Å². The number of para-hydroxylation sites is 1. The van der Waals surface area contributed by atoms with Gasteiger partial charge in [0.25, 0.3) is 0 Å². The van der Waals surface area contributed by atoms with Crippen LogP contribution in [0.4, 0.5) is 5.69 Å². The highest BCUT2D eigenvalue weighted by Crippen LogP contribution is 2.29. The Bertz CT molecular complexity index is 1350. The number of fused-ring (bicyclic) bond motifs is 1. The van der Waals surface area contributed by atoms with Crippen molar-refractivity contribution >= 4 is 39.9 Å². The van der Waals surface area contributed by atoms with Crippen LogP contribution in [-0.2, 0) is 22.4 Å². The van der Waals surface area contributed by atoms with E-state index in [0.717, 1.165) is 44.5 Å². The van der Waals surface area contributed by atoms with E-state index in [1.165, 1.54) is 0 Å². The Morgan fingerprint density at radius 3 is 2.37 bits per heavy atom. The number of aromatic amines is 1. The molecule has 1 amide bonds. The van der Waals surface area contributed by atoms with Crippen molar-refractivity contribution in [3.63, 3.8) is 0 Å². The summed E-state index contributed by atoms with van der Waals surface area (Å²) in [7, 11) is 1.76. The molecular formula is C30H31ClN2O2. The lowest BCUT2D eigenvalue weighted by Gasteiger charge is -2.25. The average Bonchev–Trinajstić information content (AvgIpc) is 3.16. The van der Waals surface area contributed by atoms with E-state index in [2.05, 4.69) is 4.98 Å². The molecule has 0 unspecified atom stereocenters. The van der Waals surface area contributed by atoms with Crippen LogP contribution in [0.3, 0.4) is 0 Å². The number of carbonyl (C=O) groups is 2. The third-order valence-corrected chi connectivity index (χ3v) is 7.25. The molecule has 0 spiro atoms. The Labute approximate surface area is 211 Å². The van der Waals surface area contributed by atoms with Crippen LogP contribution in [0, 0.1) is 26.7 Å². The van der Waals surface area contributed by atoms with Crippen LogP contribution in [0.5, 0.6) is 0 Å². The molecule has 0 fully saturated rings. The fourth-order valence-corrected chi connectivity index (χ4v) is 4.91. The van der Waals surface area contributed by atoms with E-state index in [1.807, 2.05) is 87.5 Å². The average molecular weight is 487 g/mol. The third kappa shape index (κ3) is 5.49. The summed E-state index contributed by atoms with van der Waals surface area (Å²) in [5.41, 5.74) is 6.82. The smallest absolute Gasteiger partial charge is 0.230 e. The van der Waals surface area contributed by atoms with Gasteiger partial charge in [0.2, 0.25) is 5.91 Å². The lowest BCUT2D eigenvalue weighted by molar-refractivity contribution is -0.127. The number of nitrogens with zero attached hydrogens (tertiary/aromatic N) is 1. The van der Waals surface area contributed by atoms with Crippen LogP contribution in [0.2, 0.25) is 5.02 Å². The highest BCUT2D eigenvalue weighted by atomic mass is 35.5. The summed E-state index contributed by atoms with van der Waals surface area (Å²) >= 11 is 6.41. The Hall–Kier alpha value is -3.37. The number of amides is 1. The molecule has 1 aromatic heterocycles. The van der Waals surface area contributed by atoms with Crippen molar-refractivity contribution in [3.05, 3.63) is 99.7 Å². The molecule has 0 aliphatic rings. The summed E-state index contributed by atoms with van der Waals surface area (Å²) in [5, 5.41) is 1.69. The third-order valence-electron chi connectivity index (χ3n) is 6.86. The molecule has 1 atom stereocenters. The molecule has 0 bridgehead atoms. The number of Topliss-reactive ketones (excluding diaryl/α,β-unsaturated/α-hetero) is 1. The van der Waals surface area contributed by atoms with Gasteiger partial charge in [0.15, 0.2) is 0 Å². The largest absolute Gasteiger partial charge is 0.358 e. The minimum absolute atomic E-state index is 0.0543. The first-order valence-corrected chi connectivity index (χ1v) is 12.3. The molecule has 1 heterocycles. The quantitative estimate of drug-likeness (QED) is 0.299. The second-order valence-corrected chi connectivity index (χ2v) is 9.75. The molecule has 5 heteroatoms. The molecule has 0 radical (unpaired) electrons. The summed E-state index contributed by atoms with van der Waals surface area (Å²) in [6, 6.07) is 21.7. The van der Waals surface area contributed by atoms with Gasteiger partial charge in [0.05, 0.1) is 0 Å². The molecule has 180 valence electrons. The number of benzene rings is 3. The number of hydrogen-bond acceptors (Lipinski definition) is 2. The molecule has 4 aromatic rings. The summed E-state index contributed by atoms with van der Waals surface area (Å²) in [6.45, 7) is 5.94. The first-order valence-electron chi connectivity index (χ1n) is 11.9. The van der Waals surface area contributed by atoms with Crippen LogP contribution in [0.1, 0.15) is 34.4 Å². The first-order chi connectivity index (χ1) is 16.7. The van der Waals surface area contributed by atoms with Crippen molar-refractivity contribution < 1.29 is 9.59 Å². The van der Waals surface area contributed by atoms with Crippen LogP contribution in [0.25, 0.3) is 10.9 Å². The number of anilines is 1. The normalized spacial score (nSPS) is 12.0. The Balaban J connectivity index is 1.59. The van der Waals surface area contributed by atoms with Gasteiger partial charge in [-0.25, -0.2) is 0 Å². The fraction of sp³-hybridized carbons (Fsp3) is 0.267. The molecule has 4 rings (SSSR count). The van der Waals surface area contributed by atoms with Crippen LogP contribution in [-0.4, -0.2) is 23.7 Å². The number of rotatable bonds is 8. The molecular weight excluding hydrogens is 456 g/mol. The van der Waals surface area contributed by atoms with Crippen LogP contribution in [0.15, 0.2) is 66.7 Å². The number of H-pyrrole nitrogens is 1. The summed E-state index contributed by atoms with van der Waals surface area (Å²) in [6.07, 6.45) is 0.977. The Morgan fingerprint density at radius 2 is 1.66 bits per heavy atom. The van der Waals surface area contributed by atoms with Gasteiger partial charge in [0, 0.05) is 53.1 Å². The Kier molecular flexibility index (Phi) is 7.42. The molecule has 1 N–H and O–H groups in total. The van der Waals surface area contributed by atoms with Gasteiger partial charge >= 0.3 is 0 Å². The lowest BCUT2D eigenvalue weighted by atomic mass is 9.90. The van der Waals surface area contributed by atoms with Gasteiger partial charge in [-0.05, 0) is 67.6 Å². The fourth-order valence-electron chi connectivity index (χ4n) is 4.65. The lowest BCUT2D eigenvalue weighted by Crippen LogP contribution is -2.35. The zero-order chi connectivity index (χ0) is 25.1. The Morgan fingerprint density at radius 1 is 0.971 bits per heavy atom. The number of nitrogens with one attached hydrogen (secondary N) is 1. The zero-order valence-electron chi connectivity index (χ0n) is 20.7. The van der Waals surface area contributed by atoms with E-state index in [4.69, 9.17) is 11.6 Å². The van der Waals surface area contributed by atoms with Gasteiger partial charge in [-0.1, -0.05) is 60.1 Å². The molecule has 35 heavy (non-hydrogen) atoms. The molecule has 3 aromatic carbocycles. The van der Waals surface area contributed by atoms with Crippen molar-refractivity contribution in [2.45, 2.75) is 40.0 Å². The number of halogens is 1. The second-order valence-electron chi connectivity index (χ2n) is 9.35. The molecule has 0 aliphatic carbocycles. The van der Waals surface area contributed by atoms with Crippen molar-refractivity contribution in [2.24, 2.45) is 5.92 Å². The monoisotopic (exact) mass is 486 g/mol. The number of aromatic nitrogens is 1. The molecule has 0 aliphatic heterocycles. The second kappa shape index (κ2) is 10.5. The first kappa shape index (κ1) is 24.7. The van der Waals surface area contributed by atoms with E-state index in [9.17, 15) is 9.59 Å². The topological polar surface area (TPSA) is 53.2 Å². The number of aryl methyl sites for hydroxylation is 2. The van der Waals surface area contributed by atoms with E-state index in [0.29, 0.717) is 17.9 Å². The highest BCUT2D eigenvalue weighted by molar-refractivity contribution is 6.31. The van der Waals surface area contributed by atoms with E-state index < -0.39 is 5.92 Å². The predicted molar refractivity (Wildman–Crippen MR) is 144 cm³/mol. The molecule has 4 nitrogen and oxygen atoms in total. The van der Waals surface area contributed by atoms with E-state index in [-0.39, 0.29) is 18.1 Å². The highest BCUT2D eigenvalue weighted by Gasteiger charge is 2.27. The molecule has 0 saturated heterocycles. The van der Waals surface area contributed by atoms with Crippen molar-refractivity contribution in [1.82, 2.24) is 4.98 Å². The van der Waals surface area contributed by atoms with Gasteiger partial charge in [-0.3, -0.25) is 9.59 Å². The zero-order valence-corrected chi connectivity index (χ0v) is 21.4. The minimum Gasteiger partial charge on any atom is -0.358 e. The van der Waals surface area contributed by atoms with Gasteiger partial charge in [-0.15, -0.1) is 0 Å². The number of carbonyl (C=O) groups excluding carboxylic acids is 2. The maximum Gasteiger partial charge on any atom is 0.230 e.